The lowest BCUT2D eigenvalue weighted by atomic mass is 9.98. The van der Waals surface area contributed by atoms with Crippen molar-refractivity contribution in [1.82, 2.24) is 9.55 Å². The van der Waals surface area contributed by atoms with Gasteiger partial charge in [0.15, 0.2) is 0 Å². The average Bonchev–Trinajstić information content (AvgIpc) is 3.26. The number of carboxylic acids is 1. The molecule has 0 spiro atoms. The summed E-state index contributed by atoms with van der Waals surface area (Å²) in [6, 6.07) is 25.7. The molecule has 2 heterocycles. The van der Waals surface area contributed by atoms with Crippen molar-refractivity contribution < 1.29 is 23.1 Å². The number of benzene rings is 4. The third-order valence-corrected chi connectivity index (χ3v) is 6.60. The molecule has 0 bridgehead atoms. The van der Waals surface area contributed by atoms with E-state index in [0.717, 1.165) is 33.8 Å². The second kappa shape index (κ2) is 8.48. The molecule has 0 radical (unpaired) electrons. The van der Waals surface area contributed by atoms with E-state index in [1.165, 1.54) is 6.07 Å². The Labute approximate surface area is 209 Å². The number of para-hydroxylation sites is 1. The Morgan fingerprint density at radius 3 is 2.41 bits per heavy atom. The van der Waals surface area contributed by atoms with Crippen LogP contribution in [0.25, 0.3) is 43.8 Å². The zero-order chi connectivity index (χ0) is 25.7. The fraction of sp³-hybridized carbons (Fsp3) is 0.0667. The number of pyridine rings is 1. The van der Waals surface area contributed by atoms with Crippen LogP contribution >= 0.6 is 0 Å². The molecule has 1 N–H and O–H groups in total. The molecule has 37 heavy (non-hydrogen) atoms. The topological polar surface area (TPSA) is 55.1 Å². The SMILES string of the molecule is O=C(O)c1cc(-c2cn(Cc3cccc(C(F)(F)F)c3)c3ccccc23)nc2ccc3ccccc3c12. The zero-order valence-corrected chi connectivity index (χ0v) is 19.3. The average molecular weight is 496 g/mol. The Kier molecular flexibility index (Phi) is 5.22. The maximum Gasteiger partial charge on any atom is 0.416 e. The molecule has 0 saturated carbocycles. The quantitative estimate of drug-likeness (QED) is 0.254. The van der Waals surface area contributed by atoms with Gasteiger partial charge >= 0.3 is 12.1 Å². The number of rotatable bonds is 4. The maximum absolute atomic E-state index is 13.3. The lowest BCUT2D eigenvalue weighted by Gasteiger charge is -2.10. The molecule has 0 unspecified atom stereocenters. The van der Waals surface area contributed by atoms with Crippen LogP contribution in [0, 0.1) is 0 Å². The maximum atomic E-state index is 13.3. The summed E-state index contributed by atoms with van der Waals surface area (Å²) >= 11 is 0. The monoisotopic (exact) mass is 496 g/mol. The molecular weight excluding hydrogens is 477 g/mol. The van der Waals surface area contributed by atoms with E-state index in [4.69, 9.17) is 4.98 Å². The summed E-state index contributed by atoms with van der Waals surface area (Å²) in [6.07, 6.45) is -2.60. The lowest BCUT2D eigenvalue weighted by molar-refractivity contribution is -0.137. The fourth-order valence-corrected chi connectivity index (χ4v) is 4.94. The van der Waals surface area contributed by atoms with E-state index < -0.39 is 17.7 Å². The minimum Gasteiger partial charge on any atom is -0.478 e. The van der Waals surface area contributed by atoms with Crippen LogP contribution < -0.4 is 0 Å². The van der Waals surface area contributed by atoms with Crippen molar-refractivity contribution in [3.8, 4) is 11.3 Å². The highest BCUT2D eigenvalue weighted by molar-refractivity contribution is 6.16. The molecule has 182 valence electrons. The van der Waals surface area contributed by atoms with E-state index in [2.05, 4.69) is 0 Å². The predicted octanol–water partition coefficient (Wildman–Crippen LogP) is 7.78. The zero-order valence-electron chi connectivity index (χ0n) is 19.3. The van der Waals surface area contributed by atoms with Crippen LogP contribution in [0.4, 0.5) is 13.2 Å². The highest BCUT2D eigenvalue weighted by atomic mass is 19.4. The van der Waals surface area contributed by atoms with E-state index in [-0.39, 0.29) is 12.1 Å². The number of hydrogen-bond donors (Lipinski definition) is 1. The van der Waals surface area contributed by atoms with Gasteiger partial charge in [0, 0.05) is 34.6 Å². The van der Waals surface area contributed by atoms with Crippen LogP contribution in [0.15, 0.2) is 97.2 Å². The first kappa shape index (κ1) is 22.8. The molecule has 2 aromatic heterocycles. The van der Waals surface area contributed by atoms with E-state index in [1.54, 1.807) is 12.1 Å². The smallest absolute Gasteiger partial charge is 0.416 e. The predicted molar refractivity (Wildman–Crippen MR) is 138 cm³/mol. The van der Waals surface area contributed by atoms with E-state index >= 15 is 0 Å². The number of carboxylic acid groups (broad SMARTS) is 1. The summed E-state index contributed by atoms with van der Waals surface area (Å²) in [5.74, 6) is -1.06. The van der Waals surface area contributed by atoms with Gasteiger partial charge in [-0.3, -0.25) is 0 Å². The first-order chi connectivity index (χ1) is 17.8. The number of alkyl halides is 3. The second-order valence-corrected chi connectivity index (χ2v) is 8.93. The molecule has 0 aliphatic rings. The van der Waals surface area contributed by atoms with Crippen molar-refractivity contribution in [3.63, 3.8) is 0 Å². The van der Waals surface area contributed by atoms with Crippen LogP contribution in [0.5, 0.6) is 0 Å². The highest BCUT2D eigenvalue weighted by Crippen LogP contribution is 2.35. The van der Waals surface area contributed by atoms with Gasteiger partial charge in [-0.25, -0.2) is 9.78 Å². The minimum absolute atomic E-state index is 0.145. The number of fused-ring (bicyclic) bond motifs is 4. The Hall–Kier alpha value is -4.65. The van der Waals surface area contributed by atoms with Gasteiger partial charge in [0.25, 0.3) is 0 Å². The van der Waals surface area contributed by atoms with Crippen LogP contribution in [-0.4, -0.2) is 20.6 Å². The van der Waals surface area contributed by atoms with Gasteiger partial charge < -0.3 is 9.67 Å². The van der Waals surface area contributed by atoms with Crippen molar-refractivity contribution >= 4 is 38.5 Å². The molecule has 0 aliphatic heterocycles. The molecule has 4 nitrogen and oxygen atoms in total. The number of nitrogens with zero attached hydrogens (tertiary/aromatic N) is 2. The number of aromatic nitrogens is 2. The summed E-state index contributed by atoms with van der Waals surface area (Å²) in [7, 11) is 0. The van der Waals surface area contributed by atoms with Crippen LogP contribution in [-0.2, 0) is 12.7 Å². The Bertz CT molecular complexity index is 1840. The van der Waals surface area contributed by atoms with E-state index in [9.17, 15) is 23.1 Å². The van der Waals surface area contributed by atoms with Crippen molar-refractivity contribution in [2.75, 3.05) is 0 Å². The van der Waals surface area contributed by atoms with Gasteiger partial charge in [-0.1, -0.05) is 60.7 Å². The summed E-state index contributed by atoms with van der Waals surface area (Å²) in [5.41, 5.74) is 2.52. The van der Waals surface area contributed by atoms with Crippen molar-refractivity contribution in [3.05, 3.63) is 114 Å². The van der Waals surface area contributed by atoms with Gasteiger partial charge in [-0.15, -0.1) is 0 Å². The molecule has 0 amide bonds. The van der Waals surface area contributed by atoms with Crippen LogP contribution in [0.1, 0.15) is 21.5 Å². The molecular formula is C30H19F3N2O2. The van der Waals surface area contributed by atoms with Crippen molar-refractivity contribution in [2.45, 2.75) is 12.7 Å². The third-order valence-electron chi connectivity index (χ3n) is 6.60. The molecule has 0 aliphatic carbocycles. The minimum atomic E-state index is -4.42. The molecule has 6 rings (SSSR count). The number of carbonyl (C=O) groups is 1. The lowest BCUT2D eigenvalue weighted by Crippen LogP contribution is -2.06. The normalized spacial score (nSPS) is 12.0. The second-order valence-electron chi connectivity index (χ2n) is 8.93. The summed E-state index contributed by atoms with van der Waals surface area (Å²) in [5, 5.41) is 13.2. The Morgan fingerprint density at radius 2 is 1.62 bits per heavy atom. The van der Waals surface area contributed by atoms with Gasteiger partial charge in [0.05, 0.1) is 22.3 Å². The first-order valence-electron chi connectivity index (χ1n) is 11.6. The van der Waals surface area contributed by atoms with Crippen molar-refractivity contribution in [2.24, 2.45) is 0 Å². The largest absolute Gasteiger partial charge is 0.478 e. The third kappa shape index (κ3) is 3.98. The van der Waals surface area contributed by atoms with Crippen LogP contribution in [0.3, 0.4) is 0 Å². The van der Waals surface area contributed by atoms with Gasteiger partial charge in [0.2, 0.25) is 0 Å². The molecule has 7 heteroatoms. The van der Waals surface area contributed by atoms with E-state index in [1.807, 2.05) is 71.4 Å². The molecule has 4 aromatic carbocycles. The first-order valence-corrected chi connectivity index (χ1v) is 11.6. The summed E-state index contributed by atoms with van der Waals surface area (Å²) in [4.78, 5) is 17.2. The summed E-state index contributed by atoms with van der Waals surface area (Å²) < 4.78 is 41.6. The number of aromatic carboxylic acids is 1. The summed E-state index contributed by atoms with van der Waals surface area (Å²) in [6.45, 7) is 0.217. The Morgan fingerprint density at radius 1 is 0.865 bits per heavy atom. The number of halogens is 3. The highest BCUT2D eigenvalue weighted by Gasteiger charge is 2.30. The van der Waals surface area contributed by atoms with E-state index in [0.29, 0.717) is 27.7 Å². The number of hydrogen-bond acceptors (Lipinski definition) is 2. The van der Waals surface area contributed by atoms with Gasteiger partial charge in [0.1, 0.15) is 0 Å². The van der Waals surface area contributed by atoms with Gasteiger partial charge in [-0.2, -0.15) is 13.2 Å². The van der Waals surface area contributed by atoms with Crippen LogP contribution in [0.2, 0.25) is 0 Å². The molecule has 0 atom stereocenters. The molecule has 0 fully saturated rings. The fourth-order valence-electron chi connectivity index (χ4n) is 4.94. The van der Waals surface area contributed by atoms with Crippen molar-refractivity contribution in [1.29, 1.82) is 0 Å². The standard InChI is InChI=1S/C30H19F3N2O2/c31-30(32,33)20-8-5-6-18(14-20)16-35-17-24(22-10-3-4-11-27(22)35)26-15-23(29(36)37)28-21-9-2-1-7-19(21)12-13-25(28)34-26/h1-15,17H,16H2,(H,36,37). The Balaban J connectivity index is 1.53. The van der Waals surface area contributed by atoms with Gasteiger partial charge in [-0.05, 0) is 46.7 Å². The molecule has 6 aromatic rings. The molecule has 0 saturated heterocycles.